The SMILES string of the molecule is CCC1(C(=O)O)C(C)N=C(c2ccccc2)C(Cc2ccccc2)(C(=O)O)C1CCc1ccccc1. The molecule has 1 aliphatic heterocycles. The van der Waals surface area contributed by atoms with Gasteiger partial charge in [-0.15, -0.1) is 0 Å². The van der Waals surface area contributed by atoms with Crippen molar-refractivity contribution in [3.8, 4) is 0 Å². The summed E-state index contributed by atoms with van der Waals surface area (Å²) in [5.41, 5.74) is 0.262. The van der Waals surface area contributed by atoms with Crippen molar-refractivity contribution in [1.29, 1.82) is 0 Å². The quantitative estimate of drug-likeness (QED) is 0.395. The Morgan fingerprint density at radius 1 is 0.806 bits per heavy atom. The monoisotopic (exact) mass is 483 g/mol. The van der Waals surface area contributed by atoms with Crippen LogP contribution in [0.2, 0.25) is 0 Å². The fraction of sp³-hybridized carbons (Fsp3) is 0.323. The van der Waals surface area contributed by atoms with Gasteiger partial charge in [0.05, 0.1) is 17.2 Å². The Labute approximate surface area is 212 Å². The van der Waals surface area contributed by atoms with Crippen molar-refractivity contribution in [2.24, 2.45) is 21.7 Å². The van der Waals surface area contributed by atoms with Crippen LogP contribution in [-0.4, -0.2) is 33.9 Å². The molecular weight excluding hydrogens is 450 g/mol. The normalized spacial score (nSPS) is 25.7. The average molecular weight is 484 g/mol. The minimum Gasteiger partial charge on any atom is -0.481 e. The van der Waals surface area contributed by atoms with Crippen molar-refractivity contribution >= 4 is 17.7 Å². The summed E-state index contributed by atoms with van der Waals surface area (Å²) in [6, 6.07) is 28.1. The molecule has 5 nitrogen and oxygen atoms in total. The Kier molecular flexibility index (Phi) is 7.39. The van der Waals surface area contributed by atoms with E-state index >= 15 is 0 Å². The van der Waals surface area contributed by atoms with E-state index in [4.69, 9.17) is 4.99 Å². The third-order valence-corrected chi connectivity index (χ3v) is 8.01. The molecule has 0 aliphatic carbocycles. The average Bonchev–Trinajstić information content (AvgIpc) is 2.89. The highest BCUT2D eigenvalue weighted by atomic mass is 16.4. The van der Waals surface area contributed by atoms with Crippen LogP contribution >= 0.6 is 0 Å². The fourth-order valence-electron chi connectivity index (χ4n) is 6.18. The van der Waals surface area contributed by atoms with Crippen molar-refractivity contribution < 1.29 is 19.8 Å². The summed E-state index contributed by atoms with van der Waals surface area (Å²) in [6.45, 7) is 3.67. The highest BCUT2D eigenvalue weighted by molar-refractivity contribution is 6.16. The molecule has 0 radical (unpaired) electrons. The van der Waals surface area contributed by atoms with Crippen LogP contribution in [0.5, 0.6) is 0 Å². The van der Waals surface area contributed by atoms with Crippen LogP contribution < -0.4 is 0 Å². The van der Waals surface area contributed by atoms with Crippen LogP contribution in [0, 0.1) is 16.7 Å². The van der Waals surface area contributed by atoms with E-state index in [1.165, 1.54) is 0 Å². The predicted octanol–water partition coefficient (Wildman–Crippen LogP) is 5.92. The number of hydrogen-bond acceptors (Lipinski definition) is 3. The van der Waals surface area contributed by atoms with E-state index in [1.807, 2.05) is 105 Å². The molecule has 4 rings (SSSR count). The molecule has 0 amide bonds. The first-order valence-corrected chi connectivity index (χ1v) is 12.5. The van der Waals surface area contributed by atoms with Gasteiger partial charge >= 0.3 is 11.9 Å². The summed E-state index contributed by atoms with van der Waals surface area (Å²) in [5.74, 6) is -2.70. The molecule has 5 heteroatoms. The molecule has 0 saturated heterocycles. The minimum absolute atomic E-state index is 0.165. The van der Waals surface area contributed by atoms with Crippen LogP contribution in [0.4, 0.5) is 0 Å². The number of aliphatic carboxylic acids is 2. The van der Waals surface area contributed by atoms with Gasteiger partial charge in [-0.05, 0) is 55.2 Å². The molecule has 0 aromatic heterocycles. The number of rotatable bonds is 9. The van der Waals surface area contributed by atoms with Crippen molar-refractivity contribution in [1.82, 2.24) is 0 Å². The van der Waals surface area contributed by atoms with Gasteiger partial charge in [0.15, 0.2) is 0 Å². The largest absolute Gasteiger partial charge is 0.481 e. The topological polar surface area (TPSA) is 87.0 Å². The van der Waals surface area contributed by atoms with E-state index in [2.05, 4.69) is 0 Å². The molecule has 3 aromatic carbocycles. The molecule has 2 N–H and O–H groups in total. The standard InChI is InChI=1S/C31H33NO4/c1-3-30(28(33)34)22(2)32-27(25-17-11-6-12-18-25)31(29(35)36,21-24-15-9-5-10-16-24)26(30)20-19-23-13-7-4-8-14-23/h4-18,22,26H,3,19-21H2,1-2H3,(H,33,34)(H,35,36). The zero-order chi connectivity index (χ0) is 25.8. The van der Waals surface area contributed by atoms with E-state index in [0.717, 1.165) is 16.7 Å². The molecule has 0 spiro atoms. The smallest absolute Gasteiger partial charge is 0.316 e. The third-order valence-electron chi connectivity index (χ3n) is 8.01. The minimum atomic E-state index is -1.52. The van der Waals surface area contributed by atoms with Crippen molar-refractivity contribution in [3.05, 3.63) is 108 Å². The number of aryl methyl sites for hydroxylation is 1. The van der Waals surface area contributed by atoms with Crippen LogP contribution in [0.1, 0.15) is 43.4 Å². The van der Waals surface area contributed by atoms with Gasteiger partial charge in [0.25, 0.3) is 0 Å². The van der Waals surface area contributed by atoms with E-state index in [0.29, 0.717) is 25.0 Å². The summed E-state index contributed by atoms with van der Waals surface area (Å²) >= 11 is 0. The highest BCUT2D eigenvalue weighted by Gasteiger charge is 2.64. The first-order valence-electron chi connectivity index (χ1n) is 12.5. The maximum atomic E-state index is 13.5. The lowest BCUT2D eigenvalue weighted by atomic mass is 9.51. The van der Waals surface area contributed by atoms with Gasteiger partial charge in [-0.1, -0.05) is 97.9 Å². The van der Waals surface area contributed by atoms with E-state index in [-0.39, 0.29) is 6.42 Å². The molecule has 0 saturated carbocycles. The number of benzene rings is 3. The third kappa shape index (κ3) is 4.34. The fourth-order valence-corrected chi connectivity index (χ4v) is 6.18. The zero-order valence-electron chi connectivity index (χ0n) is 20.8. The van der Waals surface area contributed by atoms with Gasteiger partial charge in [-0.3, -0.25) is 14.6 Å². The van der Waals surface area contributed by atoms with Gasteiger partial charge in [-0.25, -0.2) is 0 Å². The Morgan fingerprint density at radius 2 is 1.33 bits per heavy atom. The van der Waals surface area contributed by atoms with Gasteiger partial charge in [0.2, 0.25) is 0 Å². The summed E-state index contributed by atoms with van der Waals surface area (Å²) < 4.78 is 0. The van der Waals surface area contributed by atoms with E-state index < -0.39 is 34.7 Å². The Morgan fingerprint density at radius 3 is 1.83 bits per heavy atom. The first kappa shape index (κ1) is 25.4. The Hall–Kier alpha value is -3.73. The van der Waals surface area contributed by atoms with Crippen LogP contribution in [0.15, 0.2) is 96.0 Å². The van der Waals surface area contributed by atoms with E-state index in [1.54, 1.807) is 0 Å². The lowest BCUT2D eigenvalue weighted by Gasteiger charge is -2.52. The molecule has 3 aromatic rings. The van der Waals surface area contributed by atoms with Crippen LogP contribution in [0.25, 0.3) is 0 Å². The van der Waals surface area contributed by atoms with Crippen molar-refractivity contribution in [2.75, 3.05) is 0 Å². The number of carboxylic acids is 2. The summed E-state index contributed by atoms with van der Waals surface area (Å²) in [7, 11) is 0. The maximum absolute atomic E-state index is 13.5. The molecule has 4 atom stereocenters. The second kappa shape index (κ2) is 10.5. The molecule has 1 aliphatic rings. The molecule has 4 unspecified atom stereocenters. The first-order chi connectivity index (χ1) is 17.4. The number of aliphatic imine (C=N–C) groups is 1. The Bertz CT molecular complexity index is 1230. The van der Waals surface area contributed by atoms with Crippen molar-refractivity contribution in [2.45, 2.75) is 45.6 Å². The van der Waals surface area contributed by atoms with Crippen molar-refractivity contribution in [3.63, 3.8) is 0 Å². The van der Waals surface area contributed by atoms with Crippen LogP contribution in [0.3, 0.4) is 0 Å². The lowest BCUT2D eigenvalue weighted by Crippen LogP contribution is -2.62. The van der Waals surface area contributed by atoms with Gasteiger partial charge < -0.3 is 10.2 Å². The van der Waals surface area contributed by atoms with Crippen LogP contribution in [-0.2, 0) is 22.4 Å². The Balaban J connectivity index is 1.99. The highest BCUT2D eigenvalue weighted by Crippen LogP contribution is 2.55. The lowest BCUT2D eigenvalue weighted by molar-refractivity contribution is -0.165. The second-order valence-electron chi connectivity index (χ2n) is 9.73. The molecule has 36 heavy (non-hydrogen) atoms. The number of carbonyl (C=O) groups is 2. The summed E-state index contributed by atoms with van der Waals surface area (Å²) in [4.78, 5) is 31.6. The van der Waals surface area contributed by atoms with Gasteiger partial charge in [-0.2, -0.15) is 0 Å². The molecule has 1 heterocycles. The number of nitrogens with zero attached hydrogens (tertiary/aromatic N) is 1. The summed E-state index contributed by atoms with van der Waals surface area (Å²) in [6.07, 6.45) is 1.45. The zero-order valence-corrected chi connectivity index (χ0v) is 20.8. The van der Waals surface area contributed by atoms with Gasteiger partial charge in [0, 0.05) is 0 Å². The number of hydrogen-bond donors (Lipinski definition) is 2. The molecule has 0 fully saturated rings. The van der Waals surface area contributed by atoms with Gasteiger partial charge in [0.1, 0.15) is 5.41 Å². The summed E-state index contributed by atoms with van der Waals surface area (Å²) in [5, 5.41) is 21.8. The molecular formula is C31H33NO4. The van der Waals surface area contributed by atoms with E-state index in [9.17, 15) is 19.8 Å². The molecule has 186 valence electrons. The number of carboxylic acid groups (broad SMARTS) is 2. The molecule has 0 bridgehead atoms. The second-order valence-corrected chi connectivity index (χ2v) is 9.73. The maximum Gasteiger partial charge on any atom is 0.316 e. The predicted molar refractivity (Wildman–Crippen MR) is 141 cm³/mol.